The minimum absolute atomic E-state index is 0.00111. The van der Waals surface area contributed by atoms with E-state index in [0.717, 1.165) is 13.0 Å². The molecule has 0 amide bonds. The minimum Gasteiger partial charge on any atom is -0.316 e. The van der Waals surface area contributed by atoms with E-state index < -0.39 is 11.6 Å². The molecule has 1 nitrogen and oxygen atoms in total. The van der Waals surface area contributed by atoms with Crippen LogP contribution in [0.5, 0.6) is 0 Å². The molecule has 0 unspecified atom stereocenters. The zero-order chi connectivity index (χ0) is 9.26. The van der Waals surface area contributed by atoms with Gasteiger partial charge in [0.05, 0.1) is 0 Å². The maximum atomic E-state index is 13.2. The fourth-order valence-corrected chi connectivity index (χ4v) is 1.80. The van der Waals surface area contributed by atoms with Gasteiger partial charge in [-0.25, -0.2) is 8.78 Å². The van der Waals surface area contributed by atoms with Gasteiger partial charge in [0.2, 0.25) is 0 Å². The molecule has 2 rings (SSSR count). The number of nitrogens with one attached hydrogen (secondary N) is 1. The second-order valence-corrected chi connectivity index (χ2v) is 3.33. The first-order valence-electron chi connectivity index (χ1n) is 4.43. The lowest BCUT2D eigenvalue weighted by molar-refractivity contribution is 0.532. The van der Waals surface area contributed by atoms with Crippen LogP contribution >= 0.6 is 0 Å². The van der Waals surface area contributed by atoms with Crippen molar-refractivity contribution in [3.63, 3.8) is 0 Å². The van der Waals surface area contributed by atoms with E-state index in [4.69, 9.17) is 0 Å². The van der Waals surface area contributed by atoms with Gasteiger partial charge in [0.25, 0.3) is 0 Å². The average Bonchev–Trinajstić information content (AvgIpc) is 2.57. The summed E-state index contributed by atoms with van der Waals surface area (Å²) in [6.07, 6.45) is 0.817. The molecule has 1 fully saturated rings. The molecule has 1 aliphatic heterocycles. The molecule has 1 N–H and O–H groups in total. The van der Waals surface area contributed by atoms with Crippen molar-refractivity contribution in [2.45, 2.75) is 12.3 Å². The van der Waals surface area contributed by atoms with Crippen molar-refractivity contribution in [3.05, 3.63) is 35.4 Å². The molecule has 70 valence electrons. The number of hydrogen-bond donors (Lipinski definition) is 1. The highest BCUT2D eigenvalue weighted by Gasteiger charge is 2.22. The first-order chi connectivity index (χ1) is 6.29. The van der Waals surface area contributed by atoms with E-state index in [0.29, 0.717) is 6.54 Å². The van der Waals surface area contributed by atoms with Gasteiger partial charge < -0.3 is 5.32 Å². The number of rotatable bonds is 1. The first-order valence-corrected chi connectivity index (χ1v) is 4.43. The Kier molecular flexibility index (Phi) is 2.27. The van der Waals surface area contributed by atoms with E-state index >= 15 is 0 Å². The quantitative estimate of drug-likeness (QED) is 0.702. The second-order valence-electron chi connectivity index (χ2n) is 3.33. The van der Waals surface area contributed by atoms with Crippen molar-refractivity contribution in [1.82, 2.24) is 5.32 Å². The summed E-state index contributed by atoms with van der Waals surface area (Å²) in [5, 5.41) is 3.09. The zero-order valence-electron chi connectivity index (χ0n) is 7.19. The van der Waals surface area contributed by atoms with Gasteiger partial charge in [0, 0.05) is 18.0 Å². The molecular formula is C10H11F2N. The fourth-order valence-electron chi connectivity index (χ4n) is 1.80. The average molecular weight is 183 g/mol. The Hall–Kier alpha value is -0.960. The number of hydrogen-bond acceptors (Lipinski definition) is 1. The Balaban J connectivity index is 2.37. The smallest absolute Gasteiger partial charge is 0.129 e. The van der Waals surface area contributed by atoms with Crippen LogP contribution in [0.4, 0.5) is 8.78 Å². The molecule has 0 radical (unpaired) electrons. The van der Waals surface area contributed by atoms with Gasteiger partial charge in [-0.05, 0) is 25.1 Å². The van der Waals surface area contributed by atoms with Crippen molar-refractivity contribution in [3.8, 4) is 0 Å². The van der Waals surface area contributed by atoms with Gasteiger partial charge in [-0.15, -0.1) is 0 Å². The molecule has 0 bridgehead atoms. The molecule has 0 spiro atoms. The molecule has 0 aromatic heterocycles. The monoisotopic (exact) mass is 183 g/mol. The molecule has 1 aliphatic rings. The van der Waals surface area contributed by atoms with Crippen molar-refractivity contribution >= 4 is 0 Å². The van der Waals surface area contributed by atoms with Crippen LogP contribution in [0.2, 0.25) is 0 Å². The maximum Gasteiger partial charge on any atom is 0.129 e. The molecule has 1 saturated heterocycles. The zero-order valence-corrected chi connectivity index (χ0v) is 7.19. The van der Waals surface area contributed by atoms with Gasteiger partial charge in [-0.1, -0.05) is 6.07 Å². The highest BCUT2D eigenvalue weighted by molar-refractivity contribution is 5.25. The summed E-state index contributed by atoms with van der Waals surface area (Å²) in [6, 6.07) is 4.03. The van der Waals surface area contributed by atoms with E-state index in [2.05, 4.69) is 5.32 Å². The summed E-state index contributed by atoms with van der Waals surface area (Å²) in [7, 11) is 0. The Morgan fingerprint density at radius 3 is 2.46 bits per heavy atom. The molecule has 0 saturated carbocycles. The van der Waals surface area contributed by atoms with Crippen LogP contribution in [0.3, 0.4) is 0 Å². The SMILES string of the molecule is Fc1cccc(F)c1[C@H]1CCNC1. The summed E-state index contributed by atoms with van der Waals surface area (Å²) in [5.41, 5.74) is 0.243. The number of halogens is 2. The van der Waals surface area contributed by atoms with E-state index in [1.807, 2.05) is 0 Å². The third kappa shape index (κ3) is 1.56. The van der Waals surface area contributed by atoms with Crippen LogP contribution in [0.1, 0.15) is 17.9 Å². The lowest BCUT2D eigenvalue weighted by atomic mass is 9.97. The molecule has 1 aromatic carbocycles. The van der Waals surface area contributed by atoms with E-state index in [9.17, 15) is 8.78 Å². The number of benzene rings is 1. The highest BCUT2D eigenvalue weighted by atomic mass is 19.1. The summed E-state index contributed by atoms with van der Waals surface area (Å²) in [5.74, 6) is -0.844. The van der Waals surface area contributed by atoms with Gasteiger partial charge in [-0.3, -0.25) is 0 Å². The normalized spacial score (nSPS) is 22.2. The Morgan fingerprint density at radius 2 is 1.92 bits per heavy atom. The second kappa shape index (κ2) is 3.42. The van der Waals surface area contributed by atoms with Gasteiger partial charge in [0.1, 0.15) is 11.6 Å². The predicted molar refractivity (Wildman–Crippen MR) is 46.6 cm³/mol. The van der Waals surface area contributed by atoms with Crippen molar-refractivity contribution in [1.29, 1.82) is 0 Å². The molecule has 13 heavy (non-hydrogen) atoms. The van der Waals surface area contributed by atoms with Gasteiger partial charge in [-0.2, -0.15) is 0 Å². The molecular weight excluding hydrogens is 172 g/mol. The largest absolute Gasteiger partial charge is 0.316 e. The van der Waals surface area contributed by atoms with Crippen LogP contribution in [-0.4, -0.2) is 13.1 Å². The van der Waals surface area contributed by atoms with Crippen LogP contribution in [-0.2, 0) is 0 Å². The molecule has 1 aromatic rings. The van der Waals surface area contributed by atoms with Crippen molar-refractivity contribution < 1.29 is 8.78 Å². The van der Waals surface area contributed by atoms with Crippen molar-refractivity contribution in [2.75, 3.05) is 13.1 Å². The lowest BCUT2D eigenvalue weighted by Crippen LogP contribution is -2.10. The molecule has 1 atom stereocenters. The Labute approximate surface area is 75.8 Å². The third-order valence-electron chi connectivity index (χ3n) is 2.47. The maximum absolute atomic E-state index is 13.2. The highest BCUT2D eigenvalue weighted by Crippen LogP contribution is 2.26. The van der Waals surface area contributed by atoms with Crippen molar-refractivity contribution in [2.24, 2.45) is 0 Å². The molecule has 1 heterocycles. The summed E-state index contributed by atoms with van der Waals surface area (Å²) in [4.78, 5) is 0. The minimum atomic E-state index is -0.422. The topological polar surface area (TPSA) is 12.0 Å². The summed E-state index contributed by atoms with van der Waals surface area (Å²) < 4.78 is 26.5. The van der Waals surface area contributed by atoms with E-state index in [-0.39, 0.29) is 11.5 Å². The van der Waals surface area contributed by atoms with Gasteiger partial charge in [0.15, 0.2) is 0 Å². The Morgan fingerprint density at radius 1 is 1.23 bits per heavy atom. The van der Waals surface area contributed by atoms with E-state index in [1.165, 1.54) is 18.2 Å². The molecule has 3 heteroatoms. The van der Waals surface area contributed by atoms with Crippen LogP contribution in [0.25, 0.3) is 0 Å². The van der Waals surface area contributed by atoms with Crippen LogP contribution in [0, 0.1) is 11.6 Å². The van der Waals surface area contributed by atoms with Crippen LogP contribution < -0.4 is 5.32 Å². The molecule has 0 aliphatic carbocycles. The van der Waals surface area contributed by atoms with Crippen LogP contribution in [0.15, 0.2) is 18.2 Å². The lowest BCUT2D eigenvalue weighted by Gasteiger charge is -2.10. The third-order valence-corrected chi connectivity index (χ3v) is 2.47. The summed E-state index contributed by atoms with van der Waals surface area (Å²) >= 11 is 0. The standard InChI is InChI=1S/C10H11F2N/c11-8-2-1-3-9(12)10(8)7-4-5-13-6-7/h1-3,7,13H,4-6H2/t7-/m0/s1. The summed E-state index contributed by atoms with van der Waals surface area (Å²) in [6.45, 7) is 1.52. The van der Waals surface area contributed by atoms with E-state index in [1.54, 1.807) is 0 Å². The predicted octanol–water partition coefficient (Wildman–Crippen LogP) is 2.04. The first kappa shape index (κ1) is 8.63. The Bertz CT molecular complexity index is 286. The fraction of sp³-hybridized carbons (Fsp3) is 0.400. The van der Waals surface area contributed by atoms with Gasteiger partial charge >= 0.3 is 0 Å².